The van der Waals surface area contributed by atoms with Gasteiger partial charge in [0, 0.05) is 32.8 Å². The molecule has 0 aromatic carbocycles. The highest BCUT2D eigenvalue weighted by atomic mass is 32.2. The fourth-order valence-corrected chi connectivity index (χ4v) is 2.99. The van der Waals surface area contributed by atoms with Gasteiger partial charge in [-0.15, -0.1) is 0 Å². The molecular weight excluding hydrogens is 336 g/mol. The molecule has 1 heterocycles. The van der Waals surface area contributed by atoms with E-state index in [1.54, 1.807) is 6.92 Å². The quantitative estimate of drug-likeness (QED) is 0.567. The van der Waals surface area contributed by atoms with Crippen LogP contribution in [-0.2, 0) is 29.1 Å². The summed E-state index contributed by atoms with van der Waals surface area (Å²) in [6.45, 7) is 6.94. The van der Waals surface area contributed by atoms with Crippen LogP contribution in [0.2, 0.25) is 0 Å². The summed E-state index contributed by atoms with van der Waals surface area (Å²) in [5.74, 6) is -0.409. The number of rotatable bonds is 8. The minimum absolute atomic E-state index is 0.257. The molecule has 1 atom stereocenters. The second kappa shape index (κ2) is 9.33. The maximum Gasteiger partial charge on any atom is 0.335 e. The Kier molecular flexibility index (Phi) is 8.11. The Morgan fingerprint density at radius 2 is 1.67 bits per heavy atom. The van der Waals surface area contributed by atoms with E-state index in [9.17, 15) is 18.0 Å². The maximum absolute atomic E-state index is 12.0. The first-order chi connectivity index (χ1) is 11.1. The van der Waals surface area contributed by atoms with Crippen molar-refractivity contribution in [3.8, 4) is 0 Å². The summed E-state index contributed by atoms with van der Waals surface area (Å²) in [5, 5.41) is 0. The lowest BCUT2D eigenvalue weighted by Gasteiger charge is -2.33. The first-order valence-corrected chi connectivity index (χ1v) is 9.97. The monoisotopic (exact) mass is 364 g/mol. The van der Waals surface area contributed by atoms with Gasteiger partial charge in [0.15, 0.2) is 12.7 Å². The minimum Gasteiger partial charge on any atom is -0.454 e. The summed E-state index contributed by atoms with van der Waals surface area (Å²) in [5.41, 5.74) is 0. The van der Waals surface area contributed by atoms with E-state index < -0.39 is 22.1 Å². The summed E-state index contributed by atoms with van der Waals surface area (Å²) in [7, 11) is -3.23. The van der Waals surface area contributed by atoms with Gasteiger partial charge in [-0.25, -0.2) is 13.2 Å². The van der Waals surface area contributed by atoms with Gasteiger partial charge in [0.25, 0.3) is 5.91 Å². The van der Waals surface area contributed by atoms with E-state index in [1.165, 1.54) is 9.21 Å². The van der Waals surface area contributed by atoms with Crippen molar-refractivity contribution >= 4 is 21.9 Å². The molecule has 1 amide bonds. The van der Waals surface area contributed by atoms with Crippen molar-refractivity contribution in [3.05, 3.63) is 0 Å². The molecule has 0 spiro atoms. The van der Waals surface area contributed by atoms with Gasteiger partial charge in [0.2, 0.25) is 10.0 Å². The number of carbonyl (C=O) groups is 2. The second-order valence-corrected chi connectivity index (χ2v) is 8.33. The number of ether oxygens (including phenoxy) is 2. The summed E-state index contributed by atoms with van der Waals surface area (Å²) < 4.78 is 34.5. The molecule has 0 N–H and O–H groups in total. The third-order valence-electron chi connectivity index (χ3n) is 3.79. The molecule has 1 aliphatic rings. The van der Waals surface area contributed by atoms with Crippen LogP contribution >= 0.6 is 0 Å². The van der Waals surface area contributed by atoms with E-state index >= 15 is 0 Å². The Balaban J connectivity index is 2.30. The van der Waals surface area contributed by atoms with Crippen LogP contribution in [0.1, 0.15) is 27.2 Å². The topological polar surface area (TPSA) is 93.2 Å². The Bertz CT molecular complexity index is 526. The molecule has 140 valence electrons. The van der Waals surface area contributed by atoms with Crippen molar-refractivity contribution < 1.29 is 27.5 Å². The molecule has 24 heavy (non-hydrogen) atoms. The third-order valence-corrected chi connectivity index (χ3v) is 5.10. The number of nitrogens with zero attached hydrogens (tertiary/aromatic N) is 2. The fraction of sp³-hybridized carbons (Fsp3) is 0.867. The molecule has 0 aromatic heterocycles. The Morgan fingerprint density at radius 3 is 2.17 bits per heavy atom. The lowest BCUT2D eigenvalue weighted by atomic mass is 10.1. The molecule has 1 aliphatic heterocycles. The molecule has 1 saturated heterocycles. The molecule has 1 fully saturated rings. The SMILES string of the molecule is CC(C)CCOC(C)C(=O)OCC(=O)N1CCN(S(C)(=O)=O)CC1. The van der Waals surface area contributed by atoms with Crippen LogP contribution in [0.25, 0.3) is 0 Å². The molecule has 0 aromatic rings. The number of piperazine rings is 1. The number of amides is 1. The predicted molar refractivity (Wildman–Crippen MR) is 88.8 cm³/mol. The molecule has 1 rings (SSSR count). The number of hydrogen-bond donors (Lipinski definition) is 0. The Morgan fingerprint density at radius 1 is 1.08 bits per heavy atom. The van der Waals surface area contributed by atoms with E-state index in [4.69, 9.17) is 9.47 Å². The highest BCUT2D eigenvalue weighted by molar-refractivity contribution is 7.88. The van der Waals surface area contributed by atoms with Crippen LogP contribution in [0.5, 0.6) is 0 Å². The van der Waals surface area contributed by atoms with E-state index in [1.807, 2.05) is 0 Å². The minimum atomic E-state index is -3.23. The van der Waals surface area contributed by atoms with Gasteiger partial charge in [0.1, 0.15) is 0 Å². The van der Waals surface area contributed by atoms with Crippen LogP contribution in [0, 0.1) is 5.92 Å². The van der Waals surface area contributed by atoms with Crippen molar-refractivity contribution in [2.24, 2.45) is 5.92 Å². The standard InChI is InChI=1S/C15H28N2O6S/c1-12(2)5-10-22-13(3)15(19)23-11-14(18)16-6-8-17(9-7-16)24(4,20)21/h12-13H,5-11H2,1-4H3. The third kappa shape index (κ3) is 7.14. The summed E-state index contributed by atoms with van der Waals surface area (Å²) >= 11 is 0. The smallest absolute Gasteiger partial charge is 0.335 e. The summed E-state index contributed by atoms with van der Waals surface area (Å²) in [6.07, 6.45) is 1.28. The van der Waals surface area contributed by atoms with Crippen LogP contribution < -0.4 is 0 Å². The lowest BCUT2D eigenvalue weighted by molar-refractivity contribution is -0.161. The molecule has 1 unspecified atom stereocenters. The molecule has 0 radical (unpaired) electrons. The zero-order chi connectivity index (χ0) is 18.3. The Labute approximate surface area is 144 Å². The highest BCUT2D eigenvalue weighted by Gasteiger charge is 2.27. The lowest BCUT2D eigenvalue weighted by Crippen LogP contribution is -2.51. The predicted octanol–water partition coefficient (Wildman–Crippen LogP) is 0.0846. The van der Waals surface area contributed by atoms with Crippen molar-refractivity contribution in [2.45, 2.75) is 33.3 Å². The molecule has 8 nitrogen and oxygen atoms in total. The van der Waals surface area contributed by atoms with Gasteiger partial charge in [0.05, 0.1) is 6.26 Å². The average Bonchev–Trinajstić information content (AvgIpc) is 2.51. The molecule has 0 bridgehead atoms. The van der Waals surface area contributed by atoms with E-state index in [0.29, 0.717) is 25.6 Å². The fourth-order valence-electron chi connectivity index (χ4n) is 2.16. The number of hydrogen-bond acceptors (Lipinski definition) is 6. The van der Waals surface area contributed by atoms with Crippen molar-refractivity contribution in [3.63, 3.8) is 0 Å². The number of esters is 1. The van der Waals surface area contributed by atoms with E-state index in [-0.39, 0.29) is 25.6 Å². The van der Waals surface area contributed by atoms with Crippen LogP contribution in [0.3, 0.4) is 0 Å². The first-order valence-electron chi connectivity index (χ1n) is 8.12. The van der Waals surface area contributed by atoms with Gasteiger partial charge in [-0.2, -0.15) is 4.31 Å². The summed E-state index contributed by atoms with van der Waals surface area (Å²) in [6, 6.07) is 0. The summed E-state index contributed by atoms with van der Waals surface area (Å²) in [4.78, 5) is 25.3. The number of carbonyl (C=O) groups excluding carboxylic acids is 2. The van der Waals surface area contributed by atoms with E-state index in [2.05, 4.69) is 13.8 Å². The molecule has 9 heteroatoms. The largest absolute Gasteiger partial charge is 0.454 e. The van der Waals surface area contributed by atoms with Crippen LogP contribution in [0.15, 0.2) is 0 Å². The van der Waals surface area contributed by atoms with Gasteiger partial charge in [-0.3, -0.25) is 4.79 Å². The van der Waals surface area contributed by atoms with Crippen molar-refractivity contribution in [1.29, 1.82) is 0 Å². The van der Waals surface area contributed by atoms with Gasteiger partial charge >= 0.3 is 5.97 Å². The van der Waals surface area contributed by atoms with Crippen LogP contribution in [-0.4, -0.2) is 81.3 Å². The number of sulfonamides is 1. The van der Waals surface area contributed by atoms with Gasteiger partial charge in [-0.1, -0.05) is 13.8 Å². The normalized spacial score (nSPS) is 17.8. The second-order valence-electron chi connectivity index (χ2n) is 6.35. The van der Waals surface area contributed by atoms with Crippen molar-refractivity contribution in [2.75, 3.05) is 45.6 Å². The zero-order valence-corrected chi connectivity index (χ0v) is 15.7. The Hall–Kier alpha value is -1.19. The molecule has 0 aliphatic carbocycles. The van der Waals surface area contributed by atoms with Gasteiger partial charge in [-0.05, 0) is 19.3 Å². The maximum atomic E-state index is 12.0. The zero-order valence-electron chi connectivity index (χ0n) is 14.9. The molecule has 0 saturated carbocycles. The van der Waals surface area contributed by atoms with E-state index in [0.717, 1.165) is 12.7 Å². The first kappa shape index (κ1) is 20.9. The van der Waals surface area contributed by atoms with Crippen molar-refractivity contribution in [1.82, 2.24) is 9.21 Å². The van der Waals surface area contributed by atoms with Gasteiger partial charge < -0.3 is 14.4 Å². The highest BCUT2D eigenvalue weighted by Crippen LogP contribution is 2.07. The average molecular weight is 364 g/mol. The molecular formula is C15H28N2O6S. The van der Waals surface area contributed by atoms with Crippen LogP contribution in [0.4, 0.5) is 0 Å².